The van der Waals surface area contributed by atoms with E-state index in [4.69, 9.17) is 4.74 Å². The quantitative estimate of drug-likeness (QED) is 0.266. The Morgan fingerprint density at radius 1 is 0.875 bits per heavy atom. The summed E-state index contributed by atoms with van der Waals surface area (Å²) in [5, 5.41) is 3.04. The molecular weight excluding hydrogens is 462 g/mol. The summed E-state index contributed by atoms with van der Waals surface area (Å²) in [7, 11) is 0. The Morgan fingerprint density at radius 2 is 1.59 bits per heavy atom. The van der Waals surface area contributed by atoms with Crippen molar-refractivity contribution in [1.29, 1.82) is 0 Å². The van der Waals surface area contributed by atoms with E-state index in [0.717, 1.165) is 23.7 Å². The molecule has 1 N–H and O–H groups in total. The Kier molecular flexibility index (Phi) is 9.83. The van der Waals surface area contributed by atoms with Crippen molar-refractivity contribution in [2.24, 2.45) is 0 Å². The fraction of sp³-hybridized carbons (Fsp3) is 0.321. The van der Waals surface area contributed by atoms with E-state index in [2.05, 4.69) is 64.6 Å². The lowest BCUT2D eigenvalue weighted by Crippen LogP contribution is -2.26. The topological polar surface area (TPSA) is 38.3 Å². The lowest BCUT2D eigenvalue weighted by molar-refractivity contribution is 0.0950. The first kappa shape index (κ1) is 24.1. The third kappa shape index (κ3) is 7.52. The summed E-state index contributed by atoms with van der Waals surface area (Å²) in [6.45, 7) is 3.43. The molecule has 3 rings (SSSR count). The molecule has 0 aliphatic heterocycles. The van der Waals surface area contributed by atoms with Crippen LogP contribution in [-0.2, 0) is 6.42 Å². The zero-order chi connectivity index (χ0) is 22.6. The van der Waals surface area contributed by atoms with Crippen molar-refractivity contribution >= 4 is 21.8 Å². The second-order valence-corrected chi connectivity index (χ2v) is 8.89. The average molecular weight is 494 g/mol. The van der Waals surface area contributed by atoms with Crippen LogP contribution in [0.1, 0.15) is 54.9 Å². The van der Waals surface area contributed by atoms with Crippen molar-refractivity contribution in [3.05, 3.63) is 88.4 Å². The van der Waals surface area contributed by atoms with Crippen LogP contribution in [0.4, 0.5) is 0 Å². The number of halogens is 1. The summed E-state index contributed by atoms with van der Waals surface area (Å²) in [4.78, 5) is 12.8. The summed E-state index contributed by atoms with van der Waals surface area (Å²) in [6.07, 6.45) is 6.68. The van der Waals surface area contributed by atoms with Gasteiger partial charge in [-0.05, 0) is 47.7 Å². The van der Waals surface area contributed by atoms with Gasteiger partial charge in [-0.15, -0.1) is 0 Å². The summed E-state index contributed by atoms with van der Waals surface area (Å²) >= 11 is 3.47. The molecule has 1 amide bonds. The third-order valence-electron chi connectivity index (χ3n) is 5.45. The monoisotopic (exact) mass is 493 g/mol. The van der Waals surface area contributed by atoms with Gasteiger partial charge in [0, 0.05) is 11.0 Å². The highest BCUT2D eigenvalue weighted by Crippen LogP contribution is 2.24. The average Bonchev–Trinajstić information content (AvgIpc) is 2.83. The molecule has 3 aromatic rings. The van der Waals surface area contributed by atoms with Crippen molar-refractivity contribution < 1.29 is 9.53 Å². The largest absolute Gasteiger partial charge is 0.493 e. The minimum atomic E-state index is -0.104. The van der Waals surface area contributed by atoms with Crippen LogP contribution in [0.5, 0.6) is 5.75 Å². The van der Waals surface area contributed by atoms with Gasteiger partial charge in [0.25, 0.3) is 5.91 Å². The van der Waals surface area contributed by atoms with Crippen molar-refractivity contribution in [3.8, 4) is 16.9 Å². The molecule has 0 atom stereocenters. The van der Waals surface area contributed by atoms with Gasteiger partial charge in [0.2, 0.25) is 0 Å². The van der Waals surface area contributed by atoms with Gasteiger partial charge in [-0.2, -0.15) is 0 Å². The molecule has 0 aromatic heterocycles. The molecule has 4 heteroatoms. The van der Waals surface area contributed by atoms with Gasteiger partial charge >= 0.3 is 0 Å². The number of hydrogen-bond donors (Lipinski definition) is 1. The number of nitrogens with one attached hydrogen (secondary N) is 1. The number of ether oxygens (including phenoxy) is 1. The standard InChI is InChI=1S/C28H32BrNO2/c1-2-3-4-5-9-20-32-27-17-16-25(29)21-26(27)28(31)30-19-18-22-12-14-24(15-13-22)23-10-7-6-8-11-23/h6-8,10-17,21H,2-5,9,18-20H2,1H3,(H,30,31). The highest BCUT2D eigenvalue weighted by Gasteiger charge is 2.13. The van der Waals surface area contributed by atoms with Crippen LogP contribution in [-0.4, -0.2) is 19.1 Å². The van der Waals surface area contributed by atoms with Crippen molar-refractivity contribution in [3.63, 3.8) is 0 Å². The number of carbonyl (C=O) groups is 1. The van der Waals surface area contributed by atoms with Crippen LogP contribution in [0, 0.1) is 0 Å². The Balaban J connectivity index is 1.50. The van der Waals surface area contributed by atoms with Crippen LogP contribution >= 0.6 is 15.9 Å². The van der Waals surface area contributed by atoms with Crippen LogP contribution < -0.4 is 10.1 Å². The molecule has 0 bridgehead atoms. The van der Waals surface area contributed by atoms with Gasteiger partial charge in [-0.25, -0.2) is 0 Å². The Labute approximate surface area is 200 Å². The smallest absolute Gasteiger partial charge is 0.255 e. The fourth-order valence-electron chi connectivity index (χ4n) is 3.60. The number of benzene rings is 3. The van der Waals surface area contributed by atoms with Crippen LogP contribution in [0.2, 0.25) is 0 Å². The Hall–Kier alpha value is -2.59. The van der Waals surface area contributed by atoms with E-state index in [1.807, 2.05) is 36.4 Å². The van der Waals surface area contributed by atoms with E-state index < -0.39 is 0 Å². The lowest BCUT2D eigenvalue weighted by Gasteiger charge is -2.12. The molecule has 0 radical (unpaired) electrons. The molecule has 0 fully saturated rings. The molecule has 32 heavy (non-hydrogen) atoms. The predicted molar refractivity (Wildman–Crippen MR) is 136 cm³/mol. The predicted octanol–water partition coefficient (Wildman–Crippen LogP) is 7.44. The SMILES string of the molecule is CCCCCCCOc1ccc(Br)cc1C(=O)NCCc1ccc(-c2ccccc2)cc1. The number of amides is 1. The van der Waals surface area contributed by atoms with E-state index in [1.165, 1.54) is 36.0 Å². The van der Waals surface area contributed by atoms with Crippen LogP contribution in [0.25, 0.3) is 11.1 Å². The Bertz CT molecular complexity index is 970. The first-order chi connectivity index (χ1) is 15.7. The maximum Gasteiger partial charge on any atom is 0.255 e. The van der Waals surface area contributed by atoms with Crippen molar-refractivity contribution in [2.75, 3.05) is 13.2 Å². The minimum Gasteiger partial charge on any atom is -0.493 e. The molecule has 0 aliphatic rings. The highest BCUT2D eigenvalue weighted by molar-refractivity contribution is 9.10. The van der Waals surface area contributed by atoms with Gasteiger partial charge in [0.05, 0.1) is 12.2 Å². The van der Waals surface area contributed by atoms with Gasteiger partial charge < -0.3 is 10.1 Å². The normalized spacial score (nSPS) is 10.7. The molecule has 0 heterocycles. The first-order valence-corrected chi connectivity index (χ1v) is 12.3. The number of carbonyl (C=O) groups excluding carboxylic acids is 1. The Morgan fingerprint density at radius 3 is 2.34 bits per heavy atom. The highest BCUT2D eigenvalue weighted by atomic mass is 79.9. The summed E-state index contributed by atoms with van der Waals surface area (Å²) in [5.74, 6) is 0.543. The van der Waals surface area contributed by atoms with E-state index >= 15 is 0 Å². The molecule has 0 unspecified atom stereocenters. The van der Waals surface area contributed by atoms with Gasteiger partial charge in [0.1, 0.15) is 5.75 Å². The number of rotatable bonds is 12. The molecule has 168 valence electrons. The number of hydrogen-bond acceptors (Lipinski definition) is 2. The van der Waals surface area contributed by atoms with Gasteiger partial charge in [-0.3, -0.25) is 4.79 Å². The number of unbranched alkanes of at least 4 members (excludes halogenated alkanes) is 4. The van der Waals surface area contributed by atoms with E-state index in [1.54, 1.807) is 0 Å². The third-order valence-corrected chi connectivity index (χ3v) is 5.95. The van der Waals surface area contributed by atoms with E-state index in [-0.39, 0.29) is 5.91 Å². The zero-order valence-electron chi connectivity index (χ0n) is 18.8. The second kappa shape index (κ2) is 13.1. The van der Waals surface area contributed by atoms with E-state index in [9.17, 15) is 4.79 Å². The molecule has 0 saturated carbocycles. The van der Waals surface area contributed by atoms with Gasteiger partial charge in [-0.1, -0.05) is 103 Å². The maximum absolute atomic E-state index is 12.8. The zero-order valence-corrected chi connectivity index (χ0v) is 20.4. The molecule has 3 nitrogen and oxygen atoms in total. The molecule has 3 aromatic carbocycles. The maximum atomic E-state index is 12.8. The summed E-state index contributed by atoms with van der Waals surface area (Å²) in [5.41, 5.74) is 4.18. The van der Waals surface area contributed by atoms with Crippen molar-refractivity contribution in [2.45, 2.75) is 45.4 Å². The minimum absolute atomic E-state index is 0.104. The van der Waals surface area contributed by atoms with Crippen molar-refractivity contribution in [1.82, 2.24) is 5.32 Å². The van der Waals surface area contributed by atoms with Crippen LogP contribution in [0.15, 0.2) is 77.3 Å². The summed E-state index contributed by atoms with van der Waals surface area (Å²) < 4.78 is 6.80. The molecule has 0 spiro atoms. The first-order valence-electron chi connectivity index (χ1n) is 11.5. The van der Waals surface area contributed by atoms with E-state index in [0.29, 0.717) is 24.5 Å². The molecular formula is C28H32BrNO2. The summed E-state index contributed by atoms with van der Waals surface area (Å²) in [6, 6.07) is 24.5. The van der Waals surface area contributed by atoms with Gasteiger partial charge in [0.15, 0.2) is 0 Å². The molecule has 0 aliphatic carbocycles. The second-order valence-electron chi connectivity index (χ2n) is 7.97. The molecule has 0 saturated heterocycles. The van der Waals surface area contributed by atoms with Crippen LogP contribution in [0.3, 0.4) is 0 Å². The fourth-order valence-corrected chi connectivity index (χ4v) is 3.96. The lowest BCUT2D eigenvalue weighted by atomic mass is 10.0.